The number of carbonyl (C=O) groups is 1. The monoisotopic (exact) mass is 252 g/mol. The fourth-order valence-electron chi connectivity index (χ4n) is 3.67. The maximum atomic E-state index is 12.6. The molecular formula is C15H28N2O. The van der Waals surface area contributed by atoms with Crippen LogP contribution in [-0.4, -0.2) is 29.4 Å². The van der Waals surface area contributed by atoms with E-state index in [2.05, 4.69) is 13.8 Å². The third-order valence-electron chi connectivity index (χ3n) is 4.93. The highest BCUT2D eigenvalue weighted by molar-refractivity contribution is 5.80. The van der Waals surface area contributed by atoms with Crippen molar-refractivity contribution < 1.29 is 4.79 Å². The van der Waals surface area contributed by atoms with Crippen LogP contribution in [0.25, 0.3) is 0 Å². The number of carbonyl (C=O) groups excluding carboxylic acids is 1. The number of likely N-dealkylation sites (tertiary alicyclic amines) is 1. The molecule has 1 aliphatic carbocycles. The minimum atomic E-state index is -0.143. The summed E-state index contributed by atoms with van der Waals surface area (Å²) >= 11 is 0. The number of nitrogens with two attached hydrogens (primary N) is 1. The first-order valence-electron chi connectivity index (χ1n) is 7.52. The first-order chi connectivity index (χ1) is 8.44. The van der Waals surface area contributed by atoms with E-state index in [-0.39, 0.29) is 11.5 Å². The highest BCUT2D eigenvalue weighted by Gasteiger charge is 2.43. The van der Waals surface area contributed by atoms with Crippen molar-refractivity contribution in [1.29, 1.82) is 0 Å². The van der Waals surface area contributed by atoms with Crippen LogP contribution in [-0.2, 0) is 4.79 Å². The molecule has 1 saturated carbocycles. The van der Waals surface area contributed by atoms with Crippen LogP contribution in [0.4, 0.5) is 0 Å². The van der Waals surface area contributed by atoms with E-state index >= 15 is 0 Å². The van der Waals surface area contributed by atoms with Gasteiger partial charge in [-0.05, 0) is 31.6 Å². The maximum Gasteiger partial charge on any atom is 0.226 e. The Kier molecular flexibility index (Phi) is 4.00. The second kappa shape index (κ2) is 5.20. The summed E-state index contributed by atoms with van der Waals surface area (Å²) in [5.74, 6) is 1.92. The van der Waals surface area contributed by atoms with Crippen molar-refractivity contribution in [3.05, 3.63) is 0 Å². The van der Waals surface area contributed by atoms with E-state index in [0.717, 1.165) is 19.5 Å². The van der Waals surface area contributed by atoms with E-state index in [4.69, 9.17) is 5.73 Å². The van der Waals surface area contributed by atoms with Gasteiger partial charge < -0.3 is 10.6 Å². The summed E-state index contributed by atoms with van der Waals surface area (Å²) in [6.45, 7) is 8.07. The molecule has 1 amide bonds. The van der Waals surface area contributed by atoms with Gasteiger partial charge in [0.15, 0.2) is 0 Å². The van der Waals surface area contributed by atoms with Gasteiger partial charge >= 0.3 is 0 Å². The van der Waals surface area contributed by atoms with E-state index in [9.17, 15) is 4.79 Å². The summed E-state index contributed by atoms with van der Waals surface area (Å²) in [5, 5.41) is 0. The van der Waals surface area contributed by atoms with Crippen LogP contribution in [0, 0.1) is 17.8 Å². The van der Waals surface area contributed by atoms with E-state index in [1.807, 2.05) is 11.8 Å². The van der Waals surface area contributed by atoms with E-state index < -0.39 is 0 Å². The molecule has 0 radical (unpaired) electrons. The predicted molar refractivity (Wildman–Crippen MR) is 74.1 cm³/mol. The summed E-state index contributed by atoms with van der Waals surface area (Å²) in [6, 6.07) is 0. The predicted octanol–water partition coefficient (Wildman–Crippen LogP) is 2.40. The quantitative estimate of drug-likeness (QED) is 0.838. The van der Waals surface area contributed by atoms with Gasteiger partial charge in [0.1, 0.15) is 0 Å². The Bertz CT molecular complexity index is 306. The van der Waals surface area contributed by atoms with Crippen LogP contribution in [0.5, 0.6) is 0 Å². The minimum Gasteiger partial charge on any atom is -0.339 e. The molecule has 3 nitrogen and oxygen atoms in total. The zero-order chi connectivity index (χ0) is 13.3. The average molecular weight is 252 g/mol. The van der Waals surface area contributed by atoms with Crippen LogP contribution < -0.4 is 5.73 Å². The topological polar surface area (TPSA) is 46.3 Å². The lowest BCUT2D eigenvalue weighted by atomic mass is 9.71. The molecule has 2 aliphatic rings. The minimum absolute atomic E-state index is 0.143. The zero-order valence-electron chi connectivity index (χ0n) is 12.1. The van der Waals surface area contributed by atoms with Crippen LogP contribution in [0.1, 0.15) is 52.9 Å². The molecule has 0 bridgehead atoms. The molecule has 0 aromatic rings. The highest BCUT2D eigenvalue weighted by atomic mass is 16.2. The Morgan fingerprint density at radius 2 is 2.00 bits per heavy atom. The van der Waals surface area contributed by atoms with Crippen molar-refractivity contribution >= 4 is 5.91 Å². The first kappa shape index (κ1) is 13.9. The van der Waals surface area contributed by atoms with Gasteiger partial charge in [-0.25, -0.2) is 0 Å². The van der Waals surface area contributed by atoms with Gasteiger partial charge in [0.2, 0.25) is 5.91 Å². The Balaban J connectivity index is 1.98. The molecule has 3 atom stereocenters. The molecule has 3 unspecified atom stereocenters. The average Bonchev–Trinajstić information content (AvgIpc) is 2.34. The van der Waals surface area contributed by atoms with Crippen molar-refractivity contribution in [1.82, 2.24) is 4.90 Å². The summed E-state index contributed by atoms with van der Waals surface area (Å²) in [6.07, 6.45) is 6.03. The molecular weight excluding hydrogens is 224 g/mol. The zero-order valence-corrected chi connectivity index (χ0v) is 12.1. The summed E-state index contributed by atoms with van der Waals surface area (Å²) in [4.78, 5) is 14.5. The normalized spacial score (nSPS) is 32.8. The molecule has 2 fully saturated rings. The summed E-state index contributed by atoms with van der Waals surface area (Å²) < 4.78 is 0. The lowest BCUT2D eigenvalue weighted by molar-refractivity contribution is -0.146. The molecule has 1 aliphatic heterocycles. The Labute approximate surface area is 111 Å². The lowest BCUT2D eigenvalue weighted by Crippen LogP contribution is -2.68. The molecule has 2 N–H and O–H groups in total. The van der Waals surface area contributed by atoms with Crippen molar-refractivity contribution in [2.75, 3.05) is 13.1 Å². The highest BCUT2D eigenvalue weighted by Crippen LogP contribution is 2.38. The first-order valence-corrected chi connectivity index (χ1v) is 7.52. The van der Waals surface area contributed by atoms with E-state index in [1.54, 1.807) is 0 Å². The van der Waals surface area contributed by atoms with Gasteiger partial charge in [-0.3, -0.25) is 4.79 Å². The molecule has 0 spiro atoms. The number of amides is 1. The van der Waals surface area contributed by atoms with Crippen LogP contribution in [0.3, 0.4) is 0 Å². The lowest BCUT2D eigenvalue weighted by Gasteiger charge is -2.48. The van der Waals surface area contributed by atoms with Crippen molar-refractivity contribution in [3.63, 3.8) is 0 Å². The SMILES string of the molecule is CCC(C)C1CCCCC1C(=O)N1CC(C)(N)C1. The Hall–Kier alpha value is -0.570. The van der Waals surface area contributed by atoms with Gasteiger partial charge in [0, 0.05) is 24.5 Å². The fourth-order valence-corrected chi connectivity index (χ4v) is 3.67. The second-order valence-electron chi connectivity index (χ2n) is 6.79. The van der Waals surface area contributed by atoms with E-state index in [0.29, 0.717) is 17.7 Å². The van der Waals surface area contributed by atoms with Gasteiger partial charge in [-0.1, -0.05) is 33.1 Å². The molecule has 1 heterocycles. The van der Waals surface area contributed by atoms with Crippen LogP contribution >= 0.6 is 0 Å². The number of rotatable bonds is 3. The molecule has 104 valence electrons. The third kappa shape index (κ3) is 2.71. The number of nitrogens with zero attached hydrogens (tertiary/aromatic N) is 1. The largest absolute Gasteiger partial charge is 0.339 e. The third-order valence-corrected chi connectivity index (χ3v) is 4.93. The fraction of sp³-hybridized carbons (Fsp3) is 0.933. The number of hydrogen-bond acceptors (Lipinski definition) is 2. The molecule has 18 heavy (non-hydrogen) atoms. The molecule has 1 saturated heterocycles. The van der Waals surface area contributed by atoms with Crippen LogP contribution in [0.2, 0.25) is 0 Å². The Morgan fingerprint density at radius 3 is 2.56 bits per heavy atom. The van der Waals surface area contributed by atoms with E-state index in [1.165, 1.54) is 25.7 Å². The summed E-state index contributed by atoms with van der Waals surface area (Å²) in [5.41, 5.74) is 5.86. The smallest absolute Gasteiger partial charge is 0.226 e. The van der Waals surface area contributed by atoms with Crippen LogP contribution in [0.15, 0.2) is 0 Å². The number of hydrogen-bond donors (Lipinski definition) is 1. The van der Waals surface area contributed by atoms with Gasteiger partial charge in [0.25, 0.3) is 0 Å². The van der Waals surface area contributed by atoms with Crippen molar-refractivity contribution in [2.24, 2.45) is 23.5 Å². The van der Waals surface area contributed by atoms with Gasteiger partial charge in [-0.15, -0.1) is 0 Å². The Morgan fingerprint density at radius 1 is 1.39 bits per heavy atom. The molecule has 2 rings (SSSR count). The standard InChI is InChI=1S/C15H28N2O/c1-4-11(2)12-7-5-6-8-13(12)14(18)17-9-15(3,16)10-17/h11-13H,4-10,16H2,1-3H3. The summed E-state index contributed by atoms with van der Waals surface area (Å²) in [7, 11) is 0. The van der Waals surface area contributed by atoms with Gasteiger partial charge in [-0.2, -0.15) is 0 Å². The second-order valence-corrected chi connectivity index (χ2v) is 6.79. The molecule has 0 aromatic heterocycles. The van der Waals surface area contributed by atoms with Gasteiger partial charge in [0.05, 0.1) is 0 Å². The maximum absolute atomic E-state index is 12.6. The molecule has 0 aromatic carbocycles. The van der Waals surface area contributed by atoms with Crippen molar-refractivity contribution in [3.8, 4) is 0 Å². The molecule has 3 heteroatoms. The van der Waals surface area contributed by atoms with Crippen molar-refractivity contribution in [2.45, 2.75) is 58.4 Å².